The molecular formula is C12H16ClNO4S. The highest BCUT2D eigenvalue weighted by atomic mass is 35.5. The van der Waals surface area contributed by atoms with Crippen molar-refractivity contribution in [3.05, 3.63) is 29.3 Å². The average molecular weight is 306 g/mol. The molecule has 1 aromatic carbocycles. The van der Waals surface area contributed by atoms with Gasteiger partial charge in [0.05, 0.1) is 4.90 Å². The monoisotopic (exact) mass is 305 g/mol. The number of carboxylic acid groups (broad SMARTS) is 1. The zero-order valence-electron chi connectivity index (χ0n) is 10.7. The Balaban J connectivity index is 3.07. The van der Waals surface area contributed by atoms with Gasteiger partial charge in [0.2, 0.25) is 10.0 Å². The van der Waals surface area contributed by atoms with Crippen LogP contribution in [-0.4, -0.2) is 25.0 Å². The molecule has 0 heterocycles. The van der Waals surface area contributed by atoms with Crippen LogP contribution in [0.25, 0.3) is 0 Å². The van der Waals surface area contributed by atoms with Gasteiger partial charge >= 0.3 is 5.97 Å². The van der Waals surface area contributed by atoms with Crippen molar-refractivity contribution in [1.29, 1.82) is 0 Å². The molecule has 1 rings (SSSR count). The van der Waals surface area contributed by atoms with Crippen molar-refractivity contribution in [3.8, 4) is 0 Å². The molecule has 0 bridgehead atoms. The Morgan fingerprint density at radius 2 is 1.89 bits per heavy atom. The summed E-state index contributed by atoms with van der Waals surface area (Å²) in [7, 11) is -3.89. The lowest BCUT2D eigenvalue weighted by atomic mass is 9.98. The van der Waals surface area contributed by atoms with Gasteiger partial charge < -0.3 is 5.11 Å². The number of benzene rings is 1. The van der Waals surface area contributed by atoms with Crippen LogP contribution >= 0.6 is 11.6 Å². The van der Waals surface area contributed by atoms with Crippen molar-refractivity contribution in [2.45, 2.75) is 37.1 Å². The molecule has 0 saturated heterocycles. The molecule has 2 N–H and O–H groups in total. The first kappa shape index (κ1) is 15.9. The molecule has 0 saturated carbocycles. The van der Waals surface area contributed by atoms with Crippen LogP contribution in [0, 0.1) is 0 Å². The first-order chi connectivity index (χ1) is 8.71. The summed E-state index contributed by atoms with van der Waals surface area (Å²) < 4.78 is 26.5. The third-order valence-electron chi connectivity index (χ3n) is 2.71. The molecule has 0 aromatic heterocycles. The first-order valence-electron chi connectivity index (χ1n) is 5.74. The van der Waals surface area contributed by atoms with E-state index in [9.17, 15) is 13.2 Å². The number of sulfonamides is 1. The van der Waals surface area contributed by atoms with Gasteiger partial charge in [-0.25, -0.2) is 8.42 Å². The molecule has 1 unspecified atom stereocenters. The number of carbonyl (C=O) groups is 1. The first-order valence-corrected chi connectivity index (χ1v) is 7.60. The summed E-state index contributed by atoms with van der Waals surface area (Å²) in [4.78, 5) is 11.2. The van der Waals surface area contributed by atoms with E-state index in [4.69, 9.17) is 16.7 Å². The van der Waals surface area contributed by atoms with Crippen molar-refractivity contribution in [3.63, 3.8) is 0 Å². The molecule has 0 fully saturated rings. The third kappa shape index (κ3) is 3.92. The molecule has 5 nitrogen and oxygen atoms in total. The maximum absolute atomic E-state index is 12.1. The molecule has 0 amide bonds. The van der Waals surface area contributed by atoms with Gasteiger partial charge in [0, 0.05) is 5.02 Å². The molecule has 19 heavy (non-hydrogen) atoms. The predicted octanol–water partition coefficient (Wildman–Crippen LogP) is 2.26. The van der Waals surface area contributed by atoms with Crippen LogP contribution in [0.2, 0.25) is 5.02 Å². The van der Waals surface area contributed by atoms with Gasteiger partial charge in [0.15, 0.2) is 0 Å². The van der Waals surface area contributed by atoms with Gasteiger partial charge in [-0.1, -0.05) is 24.9 Å². The number of rotatable bonds is 6. The van der Waals surface area contributed by atoms with Gasteiger partial charge in [-0.05, 0) is 37.6 Å². The Kier molecular flexibility index (Phi) is 4.95. The molecule has 0 radical (unpaired) electrons. The number of hydrogen-bond acceptors (Lipinski definition) is 3. The van der Waals surface area contributed by atoms with Crippen LogP contribution in [0.5, 0.6) is 0 Å². The number of nitrogens with one attached hydrogen (secondary N) is 1. The highest BCUT2D eigenvalue weighted by Crippen LogP contribution is 2.19. The molecule has 106 valence electrons. The van der Waals surface area contributed by atoms with Gasteiger partial charge in [-0.3, -0.25) is 4.79 Å². The Labute approximate surface area is 117 Å². The normalized spacial score (nSPS) is 14.9. The Morgan fingerprint density at radius 3 is 2.32 bits per heavy atom. The summed E-state index contributed by atoms with van der Waals surface area (Å²) in [6.07, 6.45) is 0.751. The van der Waals surface area contributed by atoms with Gasteiger partial charge in [-0.2, -0.15) is 4.72 Å². The van der Waals surface area contributed by atoms with Crippen LogP contribution in [-0.2, 0) is 14.8 Å². The van der Waals surface area contributed by atoms with Crippen molar-refractivity contribution in [1.82, 2.24) is 4.72 Å². The zero-order chi connectivity index (χ0) is 14.7. The Morgan fingerprint density at radius 1 is 1.37 bits per heavy atom. The molecule has 1 atom stereocenters. The average Bonchev–Trinajstić information content (AvgIpc) is 2.28. The fourth-order valence-corrected chi connectivity index (χ4v) is 3.19. The second-order valence-corrected chi connectivity index (χ2v) is 6.57. The summed E-state index contributed by atoms with van der Waals surface area (Å²) in [5.74, 6) is -1.20. The quantitative estimate of drug-likeness (QED) is 0.844. The lowest BCUT2D eigenvalue weighted by Gasteiger charge is -2.25. The molecule has 7 heteroatoms. The van der Waals surface area contributed by atoms with E-state index in [0.29, 0.717) is 11.4 Å². The van der Waals surface area contributed by atoms with Crippen LogP contribution in [0.15, 0.2) is 29.2 Å². The maximum Gasteiger partial charge on any atom is 0.324 e. The number of hydrogen-bond donors (Lipinski definition) is 2. The smallest absolute Gasteiger partial charge is 0.324 e. The van der Waals surface area contributed by atoms with E-state index >= 15 is 0 Å². The lowest BCUT2D eigenvalue weighted by molar-refractivity contribution is -0.143. The largest absolute Gasteiger partial charge is 0.480 e. The summed E-state index contributed by atoms with van der Waals surface area (Å²) in [5.41, 5.74) is -1.52. The second-order valence-electron chi connectivity index (χ2n) is 4.45. The van der Waals surface area contributed by atoms with Crippen LogP contribution < -0.4 is 4.72 Å². The van der Waals surface area contributed by atoms with E-state index in [-0.39, 0.29) is 11.3 Å². The third-order valence-corrected chi connectivity index (χ3v) is 4.57. The van der Waals surface area contributed by atoms with Crippen molar-refractivity contribution >= 4 is 27.6 Å². The van der Waals surface area contributed by atoms with Crippen molar-refractivity contribution < 1.29 is 18.3 Å². The Hall–Kier alpha value is -1.11. The minimum absolute atomic E-state index is 0.0134. The number of carboxylic acids is 1. The van der Waals surface area contributed by atoms with Crippen molar-refractivity contribution in [2.24, 2.45) is 0 Å². The summed E-state index contributed by atoms with van der Waals surface area (Å²) >= 11 is 5.69. The highest BCUT2D eigenvalue weighted by Gasteiger charge is 2.36. The van der Waals surface area contributed by atoms with Gasteiger partial charge in [-0.15, -0.1) is 0 Å². The minimum atomic E-state index is -3.89. The van der Waals surface area contributed by atoms with E-state index in [1.807, 2.05) is 0 Å². The minimum Gasteiger partial charge on any atom is -0.480 e. The summed E-state index contributed by atoms with van der Waals surface area (Å²) in [6.45, 7) is 3.14. The topological polar surface area (TPSA) is 83.5 Å². The lowest BCUT2D eigenvalue weighted by Crippen LogP contribution is -2.51. The van der Waals surface area contributed by atoms with Crippen LogP contribution in [0.1, 0.15) is 26.7 Å². The molecule has 0 aliphatic heterocycles. The number of aliphatic carboxylic acids is 1. The second kappa shape index (κ2) is 5.90. The molecule has 0 aliphatic rings. The standard InChI is InChI=1S/C12H16ClNO4S/c1-3-8-12(2,11(15)16)14-19(17,18)10-6-4-9(13)5-7-10/h4-7,14H,3,8H2,1-2H3,(H,15,16). The Bertz CT molecular complexity index is 556. The van der Waals surface area contributed by atoms with E-state index in [0.717, 1.165) is 0 Å². The SMILES string of the molecule is CCCC(C)(NS(=O)(=O)c1ccc(Cl)cc1)C(=O)O. The molecule has 0 aliphatic carbocycles. The molecular weight excluding hydrogens is 290 g/mol. The predicted molar refractivity (Wildman–Crippen MR) is 72.7 cm³/mol. The van der Waals surface area contributed by atoms with Gasteiger partial charge in [0.1, 0.15) is 5.54 Å². The van der Waals surface area contributed by atoms with Crippen molar-refractivity contribution in [2.75, 3.05) is 0 Å². The fraction of sp³-hybridized carbons (Fsp3) is 0.417. The zero-order valence-corrected chi connectivity index (χ0v) is 12.3. The van der Waals surface area contributed by atoms with E-state index in [2.05, 4.69) is 4.72 Å². The fourth-order valence-electron chi connectivity index (χ4n) is 1.67. The van der Waals surface area contributed by atoms with E-state index in [1.165, 1.54) is 31.2 Å². The van der Waals surface area contributed by atoms with E-state index < -0.39 is 21.5 Å². The van der Waals surface area contributed by atoms with Crippen LogP contribution in [0.3, 0.4) is 0 Å². The van der Waals surface area contributed by atoms with E-state index in [1.54, 1.807) is 6.92 Å². The van der Waals surface area contributed by atoms with Gasteiger partial charge in [0.25, 0.3) is 0 Å². The highest BCUT2D eigenvalue weighted by molar-refractivity contribution is 7.89. The number of halogens is 1. The molecule has 1 aromatic rings. The molecule has 0 spiro atoms. The van der Waals surface area contributed by atoms with Crippen LogP contribution in [0.4, 0.5) is 0 Å². The maximum atomic E-state index is 12.1. The summed E-state index contributed by atoms with van der Waals surface area (Å²) in [5, 5.41) is 9.58. The summed E-state index contributed by atoms with van der Waals surface area (Å²) in [6, 6.07) is 5.54.